The molecule has 0 aromatic heterocycles. The lowest BCUT2D eigenvalue weighted by atomic mass is 9.99. The highest BCUT2D eigenvalue weighted by Gasteiger charge is 2.22. The highest BCUT2D eigenvalue weighted by atomic mass is 16.4. The van der Waals surface area contributed by atoms with Crippen molar-refractivity contribution in [3.8, 4) is 0 Å². The minimum absolute atomic E-state index is 0.176. The number of hydrogen-bond donors (Lipinski definition) is 2. The van der Waals surface area contributed by atoms with E-state index in [4.69, 9.17) is 5.11 Å². The zero-order valence-corrected chi connectivity index (χ0v) is 9.58. The second-order valence-electron chi connectivity index (χ2n) is 3.96. The number of nitrogens with zero attached hydrogens (tertiary/aromatic N) is 1. The van der Waals surface area contributed by atoms with Gasteiger partial charge in [0.2, 0.25) is 0 Å². The molecule has 0 spiro atoms. The van der Waals surface area contributed by atoms with E-state index in [1.807, 2.05) is 32.8 Å². The van der Waals surface area contributed by atoms with Crippen LogP contribution in [0.4, 0.5) is 0 Å². The lowest BCUT2D eigenvalue weighted by Crippen LogP contribution is -2.44. The minimum Gasteiger partial charge on any atom is -0.480 e. The first kappa shape index (κ1) is 13.4. The summed E-state index contributed by atoms with van der Waals surface area (Å²) in [5, 5.41) is 12.0. The molecule has 0 aliphatic heterocycles. The Morgan fingerprint density at radius 3 is 2.43 bits per heavy atom. The molecule has 0 heterocycles. The number of hydrogen-bond acceptors (Lipinski definition) is 3. The Kier molecular flexibility index (Phi) is 6.49. The molecule has 84 valence electrons. The summed E-state index contributed by atoms with van der Waals surface area (Å²) in [4.78, 5) is 12.9. The highest BCUT2D eigenvalue weighted by Crippen LogP contribution is 2.07. The second kappa shape index (κ2) is 6.79. The van der Waals surface area contributed by atoms with Gasteiger partial charge in [0.15, 0.2) is 0 Å². The standard InChI is InChI=1S/C10H22N2O2/c1-5-8(2)9(10(13)14)11-6-7-12(3)4/h8-9,11H,5-7H2,1-4H3,(H,13,14). The lowest BCUT2D eigenvalue weighted by molar-refractivity contribution is -0.140. The lowest BCUT2D eigenvalue weighted by Gasteiger charge is -2.21. The molecule has 0 saturated heterocycles. The van der Waals surface area contributed by atoms with Crippen LogP contribution < -0.4 is 5.32 Å². The van der Waals surface area contributed by atoms with E-state index < -0.39 is 12.0 Å². The Labute approximate surface area is 86.3 Å². The summed E-state index contributed by atoms with van der Waals surface area (Å²) in [6.07, 6.45) is 0.881. The van der Waals surface area contributed by atoms with E-state index in [2.05, 4.69) is 5.32 Å². The molecule has 2 atom stereocenters. The van der Waals surface area contributed by atoms with Gasteiger partial charge in [-0.3, -0.25) is 4.79 Å². The molecular weight excluding hydrogens is 180 g/mol. The zero-order valence-electron chi connectivity index (χ0n) is 9.58. The summed E-state index contributed by atoms with van der Waals surface area (Å²) in [7, 11) is 3.95. The van der Waals surface area contributed by atoms with E-state index in [1.54, 1.807) is 0 Å². The van der Waals surface area contributed by atoms with E-state index in [1.165, 1.54) is 0 Å². The Hall–Kier alpha value is -0.610. The molecule has 0 aliphatic rings. The molecule has 4 nitrogen and oxygen atoms in total. The zero-order chi connectivity index (χ0) is 11.1. The third-order valence-electron chi connectivity index (χ3n) is 2.40. The second-order valence-corrected chi connectivity index (χ2v) is 3.96. The molecule has 2 unspecified atom stereocenters. The maximum Gasteiger partial charge on any atom is 0.320 e. The molecule has 0 saturated carbocycles. The van der Waals surface area contributed by atoms with Gasteiger partial charge in [-0.1, -0.05) is 20.3 Å². The number of carboxylic acid groups (broad SMARTS) is 1. The van der Waals surface area contributed by atoms with Gasteiger partial charge in [-0.25, -0.2) is 0 Å². The number of nitrogens with one attached hydrogen (secondary N) is 1. The molecule has 0 radical (unpaired) electrons. The van der Waals surface area contributed by atoms with Crippen molar-refractivity contribution in [2.75, 3.05) is 27.2 Å². The molecule has 0 aliphatic carbocycles. The van der Waals surface area contributed by atoms with Gasteiger partial charge in [-0.2, -0.15) is 0 Å². The van der Waals surface area contributed by atoms with Gasteiger partial charge in [-0.15, -0.1) is 0 Å². The molecular formula is C10H22N2O2. The Bertz CT molecular complexity index is 172. The van der Waals surface area contributed by atoms with Crippen molar-refractivity contribution >= 4 is 5.97 Å². The van der Waals surface area contributed by atoms with Crippen LogP contribution in [0.2, 0.25) is 0 Å². The van der Waals surface area contributed by atoms with E-state index in [-0.39, 0.29) is 5.92 Å². The summed E-state index contributed by atoms with van der Waals surface area (Å²) >= 11 is 0. The summed E-state index contributed by atoms with van der Waals surface area (Å²) in [6, 6.07) is -0.417. The number of carbonyl (C=O) groups is 1. The van der Waals surface area contributed by atoms with Crippen LogP contribution >= 0.6 is 0 Å². The maximum absolute atomic E-state index is 10.9. The van der Waals surface area contributed by atoms with Crippen molar-refractivity contribution in [1.29, 1.82) is 0 Å². The van der Waals surface area contributed by atoms with Crippen molar-refractivity contribution in [3.05, 3.63) is 0 Å². The van der Waals surface area contributed by atoms with Crippen LogP contribution in [0, 0.1) is 5.92 Å². The molecule has 0 aromatic carbocycles. The van der Waals surface area contributed by atoms with Crippen molar-refractivity contribution in [2.24, 2.45) is 5.92 Å². The summed E-state index contributed by atoms with van der Waals surface area (Å²) in [5.41, 5.74) is 0. The summed E-state index contributed by atoms with van der Waals surface area (Å²) < 4.78 is 0. The Morgan fingerprint density at radius 2 is 2.07 bits per heavy atom. The van der Waals surface area contributed by atoms with Gasteiger partial charge < -0.3 is 15.3 Å². The van der Waals surface area contributed by atoms with Crippen LogP contribution in [0.25, 0.3) is 0 Å². The van der Waals surface area contributed by atoms with Crippen LogP contribution in [0.3, 0.4) is 0 Å². The van der Waals surface area contributed by atoms with Crippen LogP contribution in [0.5, 0.6) is 0 Å². The average Bonchev–Trinajstić information content (AvgIpc) is 2.10. The third kappa shape index (κ3) is 5.19. The molecule has 0 fully saturated rings. The van der Waals surface area contributed by atoms with Crippen molar-refractivity contribution in [2.45, 2.75) is 26.3 Å². The third-order valence-corrected chi connectivity index (χ3v) is 2.40. The van der Waals surface area contributed by atoms with Crippen LogP contribution in [0.1, 0.15) is 20.3 Å². The maximum atomic E-state index is 10.9. The first-order valence-electron chi connectivity index (χ1n) is 5.10. The van der Waals surface area contributed by atoms with Crippen molar-refractivity contribution in [1.82, 2.24) is 10.2 Å². The predicted octanol–water partition coefficient (Wildman–Crippen LogP) is 0.637. The van der Waals surface area contributed by atoms with Gasteiger partial charge >= 0.3 is 5.97 Å². The van der Waals surface area contributed by atoms with Crippen LogP contribution in [-0.2, 0) is 4.79 Å². The molecule has 14 heavy (non-hydrogen) atoms. The van der Waals surface area contributed by atoms with Crippen LogP contribution in [0.15, 0.2) is 0 Å². The smallest absolute Gasteiger partial charge is 0.320 e. The Morgan fingerprint density at radius 1 is 1.50 bits per heavy atom. The van der Waals surface area contributed by atoms with Gasteiger partial charge in [-0.05, 0) is 20.0 Å². The monoisotopic (exact) mass is 202 g/mol. The van der Waals surface area contributed by atoms with Crippen LogP contribution in [-0.4, -0.2) is 49.2 Å². The average molecular weight is 202 g/mol. The molecule has 2 N–H and O–H groups in total. The molecule has 0 amide bonds. The number of rotatable bonds is 7. The fourth-order valence-corrected chi connectivity index (χ4v) is 1.21. The van der Waals surface area contributed by atoms with Gasteiger partial charge in [0.1, 0.15) is 6.04 Å². The van der Waals surface area contributed by atoms with Gasteiger partial charge in [0.25, 0.3) is 0 Å². The fraction of sp³-hybridized carbons (Fsp3) is 0.900. The molecule has 0 aromatic rings. The minimum atomic E-state index is -0.752. The first-order chi connectivity index (χ1) is 6.49. The SMILES string of the molecule is CCC(C)C(NCCN(C)C)C(=O)O. The summed E-state index contributed by atoms with van der Waals surface area (Å²) in [6.45, 7) is 5.55. The topological polar surface area (TPSA) is 52.6 Å². The van der Waals surface area contributed by atoms with Gasteiger partial charge in [0, 0.05) is 13.1 Å². The molecule has 4 heteroatoms. The van der Waals surface area contributed by atoms with E-state index in [0.29, 0.717) is 6.54 Å². The summed E-state index contributed by atoms with van der Waals surface area (Å²) in [5.74, 6) is -0.576. The largest absolute Gasteiger partial charge is 0.480 e. The van der Waals surface area contributed by atoms with Crippen molar-refractivity contribution in [3.63, 3.8) is 0 Å². The number of carboxylic acids is 1. The first-order valence-corrected chi connectivity index (χ1v) is 5.10. The fourth-order valence-electron chi connectivity index (χ4n) is 1.21. The quantitative estimate of drug-likeness (QED) is 0.636. The van der Waals surface area contributed by atoms with Crippen molar-refractivity contribution < 1.29 is 9.90 Å². The number of likely N-dealkylation sites (N-methyl/N-ethyl adjacent to an activating group) is 1. The molecule has 0 bridgehead atoms. The van der Waals surface area contributed by atoms with Gasteiger partial charge in [0.05, 0.1) is 0 Å². The Balaban J connectivity index is 3.92. The van der Waals surface area contributed by atoms with E-state index in [0.717, 1.165) is 13.0 Å². The van der Waals surface area contributed by atoms with E-state index >= 15 is 0 Å². The van der Waals surface area contributed by atoms with E-state index in [9.17, 15) is 4.79 Å². The normalized spacial score (nSPS) is 15.5. The molecule has 0 rings (SSSR count). The number of aliphatic carboxylic acids is 1. The predicted molar refractivity (Wildman–Crippen MR) is 57.4 cm³/mol. The highest BCUT2D eigenvalue weighted by molar-refractivity contribution is 5.73.